The number of nitrogens with two attached hydrogens (primary N) is 1. The van der Waals surface area contributed by atoms with E-state index in [1.165, 1.54) is 50.7 Å². The first-order chi connectivity index (χ1) is 8.72. The van der Waals surface area contributed by atoms with Gasteiger partial charge in [-0.15, -0.1) is 0 Å². The molecule has 1 aliphatic rings. The zero-order valence-corrected chi connectivity index (χ0v) is 11.4. The lowest BCUT2D eigenvalue weighted by Crippen LogP contribution is -2.21. The van der Waals surface area contributed by atoms with E-state index < -0.39 is 0 Å². The number of rotatable bonds is 3. The van der Waals surface area contributed by atoms with Crippen LogP contribution in [0.3, 0.4) is 0 Å². The molecule has 0 saturated heterocycles. The van der Waals surface area contributed by atoms with Crippen LogP contribution in [0.5, 0.6) is 0 Å². The van der Waals surface area contributed by atoms with Crippen LogP contribution in [0.25, 0.3) is 0 Å². The van der Waals surface area contributed by atoms with Crippen molar-refractivity contribution in [3.05, 3.63) is 34.6 Å². The van der Waals surface area contributed by atoms with E-state index in [2.05, 4.69) is 0 Å². The quantitative estimate of drug-likeness (QED) is 0.804. The van der Waals surface area contributed by atoms with E-state index in [9.17, 15) is 4.39 Å². The molecule has 2 rings (SSSR count). The largest absolute Gasteiger partial charge is 0.330 e. The fraction of sp³-hybridized carbons (Fsp3) is 0.600. The van der Waals surface area contributed by atoms with Crippen LogP contribution in [-0.4, -0.2) is 6.54 Å². The molecule has 1 aromatic rings. The Bertz CT molecular complexity index is 386. The van der Waals surface area contributed by atoms with Crippen molar-refractivity contribution in [1.29, 1.82) is 0 Å². The molecule has 3 heteroatoms. The molecule has 1 aromatic carbocycles. The standard InChI is InChI=1S/C15H21ClFN/c16-15-9-12(17)7-8-13(15)14(10-18)11-5-3-1-2-4-6-11/h7-9,11,14H,1-6,10,18H2. The molecule has 1 unspecified atom stereocenters. The van der Waals surface area contributed by atoms with Gasteiger partial charge in [-0.3, -0.25) is 0 Å². The van der Waals surface area contributed by atoms with E-state index in [0.29, 0.717) is 17.5 Å². The predicted octanol–water partition coefficient (Wildman–Crippen LogP) is 4.49. The second kappa shape index (κ2) is 6.53. The zero-order chi connectivity index (χ0) is 13.0. The predicted molar refractivity (Wildman–Crippen MR) is 74.4 cm³/mol. The minimum Gasteiger partial charge on any atom is -0.330 e. The van der Waals surface area contributed by atoms with Crippen molar-refractivity contribution in [2.45, 2.75) is 44.4 Å². The molecule has 1 aliphatic carbocycles. The molecule has 0 heterocycles. The molecule has 1 saturated carbocycles. The molecule has 1 fully saturated rings. The third-order valence-electron chi connectivity index (χ3n) is 4.08. The fourth-order valence-electron chi connectivity index (χ4n) is 3.09. The van der Waals surface area contributed by atoms with E-state index in [0.717, 1.165) is 5.56 Å². The van der Waals surface area contributed by atoms with Crippen LogP contribution >= 0.6 is 11.6 Å². The highest BCUT2D eigenvalue weighted by Gasteiger charge is 2.24. The maximum absolute atomic E-state index is 13.1. The summed E-state index contributed by atoms with van der Waals surface area (Å²) in [5, 5.41) is 0.523. The molecule has 18 heavy (non-hydrogen) atoms. The fourth-order valence-corrected chi connectivity index (χ4v) is 3.40. The summed E-state index contributed by atoms with van der Waals surface area (Å²) in [6.07, 6.45) is 7.64. The van der Waals surface area contributed by atoms with Crippen molar-refractivity contribution < 1.29 is 4.39 Å². The number of hydrogen-bond donors (Lipinski definition) is 1. The van der Waals surface area contributed by atoms with Crippen molar-refractivity contribution in [2.24, 2.45) is 11.7 Å². The Kier molecular flexibility index (Phi) is 5.02. The number of halogens is 2. The second-order valence-electron chi connectivity index (χ2n) is 5.26. The molecule has 1 atom stereocenters. The Hall–Kier alpha value is -0.600. The van der Waals surface area contributed by atoms with Crippen LogP contribution < -0.4 is 5.73 Å². The first-order valence-corrected chi connectivity index (χ1v) is 7.25. The lowest BCUT2D eigenvalue weighted by molar-refractivity contribution is 0.380. The molecule has 0 amide bonds. The lowest BCUT2D eigenvalue weighted by Gasteiger charge is -2.26. The molecule has 2 N–H and O–H groups in total. The topological polar surface area (TPSA) is 26.0 Å². The molecule has 0 aromatic heterocycles. The van der Waals surface area contributed by atoms with Crippen molar-refractivity contribution in [1.82, 2.24) is 0 Å². The summed E-state index contributed by atoms with van der Waals surface area (Å²) in [6.45, 7) is 0.593. The minimum atomic E-state index is -0.277. The average molecular weight is 270 g/mol. The van der Waals surface area contributed by atoms with E-state index in [1.807, 2.05) is 0 Å². The van der Waals surface area contributed by atoms with E-state index >= 15 is 0 Å². The summed E-state index contributed by atoms with van der Waals surface area (Å²) in [5.41, 5.74) is 6.96. The summed E-state index contributed by atoms with van der Waals surface area (Å²) in [5.74, 6) is 0.594. The SMILES string of the molecule is NCC(c1ccc(F)cc1Cl)C1CCCCCC1. The monoisotopic (exact) mass is 269 g/mol. The van der Waals surface area contributed by atoms with Gasteiger partial charge in [0.25, 0.3) is 0 Å². The van der Waals surface area contributed by atoms with Gasteiger partial charge in [-0.05, 0) is 43.0 Å². The third kappa shape index (κ3) is 3.24. The molecule has 0 radical (unpaired) electrons. The summed E-state index contributed by atoms with van der Waals surface area (Å²) in [4.78, 5) is 0. The van der Waals surface area contributed by atoms with Crippen molar-refractivity contribution in [3.8, 4) is 0 Å². The zero-order valence-electron chi connectivity index (χ0n) is 10.7. The summed E-state index contributed by atoms with van der Waals surface area (Å²) >= 11 is 6.17. The Morgan fingerprint density at radius 1 is 1.22 bits per heavy atom. The molecular weight excluding hydrogens is 249 g/mol. The van der Waals surface area contributed by atoms with Crippen LogP contribution in [0.2, 0.25) is 5.02 Å². The normalized spacial score (nSPS) is 19.5. The molecule has 0 bridgehead atoms. The molecule has 100 valence electrons. The van der Waals surface area contributed by atoms with Gasteiger partial charge in [0.1, 0.15) is 5.82 Å². The van der Waals surface area contributed by atoms with Gasteiger partial charge in [0.05, 0.1) is 0 Å². The van der Waals surface area contributed by atoms with Crippen LogP contribution in [0.4, 0.5) is 4.39 Å². The first kappa shape index (κ1) is 13.8. The highest BCUT2D eigenvalue weighted by Crippen LogP contribution is 2.37. The van der Waals surface area contributed by atoms with Crippen LogP contribution in [0, 0.1) is 11.7 Å². The molecular formula is C15H21ClFN. The van der Waals surface area contributed by atoms with Gasteiger partial charge in [0.15, 0.2) is 0 Å². The maximum atomic E-state index is 13.1. The van der Waals surface area contributed by atoms with E-state index in [1.54, 1.807) is 6.07 Å². The Labute approximate surface area is 114 Å². The van der Waals surface area contributed by atoms with Crippen LogP contribution in [-0.2, 0) is 0 Å². The van der Waals surface area contributed by atoms with Gasteiger partial charge in [-0.25, -0.2) is 4.39 Å². The highest BCUT2D eigenvalue weighted by molar-refractivity contribution is 6.31. The first-order valence-electron chi connectivity index (χ1n) is 6.87. The van der Waals surface area contributed by atoms with Gasteiger partial charge in [-0.2, -0.15) is 0 Å². The van der Waals surface area contributed by atoms with Gasteiger partial charge in [0, 0.05) is 10.9 Å². The Balaban J connectivity index is 2.20. The second-order valence-corrected chi connectivity index (χ2v) is 5.67. The molecule has 1 nitrogen and oxygen atoms in total. The van der Waals surface area contributed by atoms with Crippen LogP contribution in [0.15, 0.2) is 18.2 Å². The van der Waals surface area contributed by atoms with Crippen molar-refractivity contribution in [3.63, 3.8) is 0 Å². The Morgan fingerprint density at radius 2 is 1.89 bits per heavy atom. The maximum Gasteiger partial charge on any atom is 0.124 e. The lowest BCUT2D eigenvalue weighted by atomic mass is 9.81. The summed E-state index contributed by atoms with van der Waals surface area (Å²) in [7, 11) is 0. The van der Waals surface area contributed by atoms with Gasteiger partial charge < -0.3 is 5.73 Å². The third-order valence-corrected chi connectivity index (χ3v) is 4.41. The van der Waals surface area contributed by atoms with Gasteiger partial charge >= 0.3 is 0 Å². The van der Waals surface area contributed by atoms with Gasteiger partial charge in [0.2, 0.25) is 0 Å². The Morgan fingerprint density at radius 3 is 2.44 bits per heavy atom. The van der Waals surface area contributed by atoms with Crippen molar-refractivity contribution in [2.75, 3.05) is 6.54 Å². The van der Waals surface area contributed by atoms with E-state index in [4.69, 9.17) is 17.3 Å². The highest BCUT2D eigenvalue weighted by atomic mass is 35.5. The molecule has 0 spiro atoms. The molecule has 0 aliphatic heterocycles. The average Bonchev–Trinajstić information content (AvgIpc) is 2.62. The van der Waals surface area contributed by atoms with Crippen molar-refractivity contribution >= 4 is 11.6 Å². The number of hydrogen-bond acceptors (Lipinski definition) is 1. The van der Waals surface area contributed by atoms with Crippen LogP contribution in [0.1, 0.15) is 50.0 Å². The van der Waals surface area contributed by atoms with E-state index in [-0.39, 0.29) is 11.7 Å². The summed E-state index contributed by atoms with van der Waals surface area (Å²) in [6, 6.07) is 4.69. The minimum absolute atomic E-state index is 0.274. The number of benzene rings is 1. The smallest absolute Gasteiger partial charge is 0.124 e. The summed E-state index contributed by atoms with van der Waals surface area (Å²) < 4.78 is 13.1. The van der Waals surface area contributed by atoms with Gasteiger partial charge in [-0.1, -0.05) is 43.4 Å².